The molecule has 2 N–H and O–H groups in total. The molecule has 132 valence electrons. The van der Waals surface area contributed by atoms with Gasteiger partial charge < -0.3 is 15.5 Å². The van der Waals surface area contributed by atoms with Gasteiger partial charge in [-0.05, 0) is 45.9 Å². The number of hydrogen-bond donors (Lipinski definition) is 2. The Bertz CT molecular complexity index is 450. The summed E-state index contributed by atoms with van der Waals surface area (Å²) in [6.45, 7) is 9.85. The third-order valence-corrected chi connectivity index (χ3v) is 3.67. The highest BCUT2D eigenvalue weighted by atomic mass is 127. The highest BCUT2D eigenvalue weighted by Gasteiger charge is 2.02. The zero-order valence-electron chi connectivity index (χ0n) is 14.5. The van der Waals surface area contributed by atoms with Gasteiger partial charge in [0, 0.05) is 31.9 Å². The second kappa shape index (κ2) is 12.8. The smallest absolute Gasteiger partial charge is 0.191 e. The topological polar surface area (TPSA) is 52.6 Å². The highest BCUT2D eigenvalue weighted by molar-refractivity contribution is 14.0. The largest absolute Gasteiger partial charge is 0.357 e. The third-order valence-electron chi connectivity index (χ3n) is 3.44. The minimum atomic E-state index is 0. The lowest BCUT2D eigenvalue weighted by molar-refractivity contribution is 0.282. The zero-order chi connectivity index (χ0) is 16.4. The number of hydrogen-bond acceptors (Lipinski definition) is 3. The van der Waals surface area contributed by atoms with Crippen LogP contribution in [0.3, 0.4) is 0 Å². The van der Waals surface area contributed by atoms with Crippen LogP contribution in [0.15, 0.2) is 23.3 Å². The van der Waals surface area contributed by atoms with E-state index in [1.807, 2.05) is 18.3 Å². The van der Waals surface area contributed by atoms with Crippen LogP contribution in [0.25, 0.3) is 0 Å². The predicted octanol–water partition coefficient (Wildman–Crippen LogP) is 2.79. The second-order valence-corrected chi connectivity index (χ2v) is 5.89. The van der Waals surface area contributed by atoms with Gasteiger partial charge in [-0.1, -0.05) is 17.7 Å². The quantitative estimate of drug-likeness (QED) is 0.275. The lowest BCUT2D eigenvalue weighted by atomic mass is 10.2. The summed E-state index contributed by atoms with van der Waals surface area (Å²) in [5.74, 6) is 0.863. The van der Waals surface area contributed by atoms with Gasteiger partial charge in [-0.25, -0.2) is 4.98 Å². The van der Waals surface area contributed by atoms with Crippen molar-refractivity contribution in [1.29, 1.82) is 0 Å². The van der Waals surface area contributed by atoms with Gasteiger partial charge in [0.2, 0.25) is 0 Å². The first-order valence-corrected chi connectivity index (χ1v) is 8.23. The average Bonchev–Trinajstić information content (AvgIpc) is 2.49. The second-order valence-electron chi connectivity index (χ2n) is 5.50. The molecule has 0 spiro atoms. The van der Waals surface area contributed by atoms with E-state index in [1.54, 1.807) is 0 Å². The van der Waals surface area contributed by atoms with E-state index in [4.69, 9.17) is 11.6 Å². The SMILES string of the molecule is CCNC(=NCCN(C)C(C)C)NCCc1ccc(Cl)nc1.I. The van der Waals surface area contributed by atoms with Crippen molar-refractivity contribution in [2.24, 2.45) is 4.99 Å². The van der Waals surface area contributed by atoms with Crippen molar-refractivity contribution in [1.82, 2.24) is 20.5 Å². The van der Waals surface area contributed by atoms with Crippen LogP contribution in [0, 0.1) is 0 Å². The highest BCUT2D eigenvalue weighted by Crippen LogP contribution is 2.05. The Morgan fingerprint density at radius 1 is 1.35 bits per heavy atom. The van der Waals surface area contributed by atoms with Crippen molar-refractivity contribution in [3.63, 3.8) is 0 Å². The van der Waals surface area contributed by atoms with E-state index >= 15 is 0 Å². The molecule has 0 aliphatic rings. The van der Waals surface area contributed by atoms with Gasteiger partial charge in [0.15, 0.2) is 5.96 Å². The Kier molecular flexibility index (Phi) is 12.4. The van der Waals surface area contributed by atoms with Crippen LogP contribution in [0.5, 0.6) is 0 Å². The van der Waals surface area contributed by atoms with Crippen molar-refractivity contribution in [3.8, 4) is 0 Å². The van der Waals surface area contributed by atoms with Crippen molar-refractivity contribution in [2.75, 3.05) is 33.2 Å². The molecule has 0 aliphatic carbocycles. The molecule has 1 heterocycles. The van der Waals surface area contributed by atoms with E-state index < -0.39 is 0 Å². The minimum Gasteiger partial charge on any atom is -0.357 e. The van der Waals surface area contributed by atoms with Crippen LogP contribution in [0.2, 0.25) is 5.15 Å². The van der Waals surface area contributed by atoms with Crippen molar-refractivity contribution in [3.05, 3.63) is 29.0 Å². The van der Waals surface area contributed by atoms with E-state index in [1.165, 1.54) is 0 Å². The molecule has 0 saturated carbocycles. The molecule has 0 unspecified atom stereocenters. The maximum Gasteiger partial charge on any atom is 0.191 e. The van der Waals surface area contributed by atoms with Gasteiger partial charge in [-0.2, -0.15) is 0 Å². The third kappa shape index (κ3) is 9.99. The summed E-state index contributed by atoms with van der Waals surface area (Å²) in [7, 11) is 2.12. The molecule has 0 aliphatic heterocycles. The summed E-state index contributed by atoms with van der Waals surface area (Å²) in [5.41, 5.74) is 1.16. The molecule has 1 rings (SSSR count). The fraction of sp³-hybridized carbons (Fsp3) is 0.625. The van der Waals surface area contributed by atoms with E-state index in [0.29, 0.717) is 11.2 Å². The molecular formula is C16H29ClIN5. The first kappa shape index (κ1) is 22.4. The fourth-order valence-corrected chi connectivity index (χ4v) is 1.91. The van der Waals surface area contributed by atoms with Gasteiger partial charge in [-0.15, -0.1) is 24.0 Å². The molecule has 0 radical (unpaired) electrons. The van der Waals surface area contributed by atoms with Crippen LogP contribution in [-0.2, 0) is 6.42 Å². The fourth-order valence-electron chi connectivity index (χ4n) is 1.80. The molecule has 1 aromatic rings. The molecule has 0 atom stereocenters. The molecule has 0 amide bonds. The molecule has 1 aromatic heterocycles. The Labute approximate surface area is 162 Å². The van der Waals surface area contributed by atoms with Crippen molar-refractivity contribution in [2.45, 2.75) is 33.2 Å². The van der Waals surface area contributed by atoms with Gasteiger partial charge in [-0.3, -0.25) is 4.99 Å². The summed E-state index contributed by atoms with van der Waals surface area (Å²) in [6, 6.07) is 4.36. The maximum absolute atomic E-state index is 5.78. The summed E-state index contributed by atoms with van der Waals surface area (Å²) < 4.78 is 0. The standard InChI is InChI=1S/C16H28ClN5.HI/c1-5-18-16(20-10-11-22(4)13(2)3)19-9-8-14-6-7-15(17)21-12-14;/h6-7,12-13H,5,8-11H2,1-4H3,(H2,18,19,20);1H. The summed E-state index contributed by atoms with van der Waals surface area (Å²) in [4.78, 5) is 11.0. The number of aliphatic imine (C=N–C) groups is 1. The lowest BCUT2D eigenvalue weighted by Gasteiger charge is -2.20. The normalized spacial score (nSPS) is 11.5. The van der Waals surface area contributed by atoms with Gasteiger partial charge in [0.25, 0.3) is 0 Å². The number of likely N-dealkylation sites (N-methyl/N-ethyl adjacent to an activating group) is 1. The van der Waals surface area contributed by atoms with Crippen LogP contribution in [-0.4, -0.2) is 55.1 Å². The summed E-state index contributed by atoms with van der Waals surface area (Å²) >= 11 is 5.78. The molecule has 0 bridgehead atoms. The first-order valence-electron chi connectivity index (χ1n) is 7.85. The summed E-state index contributed by atoms with van der Waals surface area (Å²) in [6.07, 6.45) is 2.70. The average molecular weight is 454 g/mol. The summed E-state index contributed by atoms with van der Waals surface area (Å²) in [5, 5.41) is 7.14. The van der Waals surface area contributed by atoms with Crippen molar-refractivity contribution < 1.29 is 0 Å². The molecular weight excluding hydrogens is 425 g/mol. The van der Waals surface area contributed by atoms with Crippen molar-refractivity contribution >= 4 is 41.5 Å². The number of guanidine groups is 1. The Hall–Kier alpha value is -0.600. The number of pyridine rings is 1. The number of nitrogens with zero attached hydrogens (tertiary/aromatic N) is 3. The number of rotatable bonds is 8. The monoisotopic (exact) mass is 453 g/mol. The zero-order valence-corrected chi connectivity index (χ0v) is 17.6. The number of aromatic nitrogens is 1. The number of nitrogens with one attached hydrogen (secondary N) is 2. The minimum absolute atomic E-state index is 0. The Morgan fingerprint density at radius 2 is 2.09 bits per heavy atom. The van der Waals surface area contributed by atoms with Crippen LogP contribution >= 0.6 is 35.6 Å². The first-order chi connectivity index (χ1) is 10.5. The van der Waals surface area contributed by atoms with Gasteiger partial charge in [0.1, 0.15) is 5.15 Å². The van der Waals surface area contributed by atoms with E-state index in [9.17, 15) is 0 Å². The molecule has 0 aromatic carbocycles. The van der Waals surface area contributed by atoms with E-state index in [2.05, 4.69) is 53.3 Å². The maximum atomic E-state index is 5.78. The van der Waals surface area contributed by atoms with Gasteiger partial charge in [0.05, 0.1) is 6.54 Å². The molecule has 0 fully saturated rings. The predicted molar refractivity (Wildman–Crippen MR) is 110 cm³/mol. The van der Waals surface area contributed by atoms with E-state index in [0.717, 1.165) is 44.1 Å². The van der Waals surface area contributed by atoms with Crippen LogP contribution in [0.1, 0.15) is 26.3 Å². The van der Waals surface area contributed by atoms with Crippen LogP contribution < -0.4 is 10.6 Å². The molecule has 7 heteroatoms. The Balaban J connectivity index is 0.00000484. The van der Waals surface area contributed by atoms with Crippen LogP contribution in [0.4, 0.5) is 0 Å². The molecule has 0 saturated heterocycles. The molecule has 5 nitrogen and oxygen atoms in total. The number of halogens is 2. The van der Waals surface area contributed by atoms with Gasteiger partial charge >= 0.3 is 0 Å². The lowest BCUT2D eigenvalue weighted by Crippen LogP contribution is -2.39. The van der Waals surface area contributed by atoms with E-state index in [-0.39, 0.29) is 24.0 Å². The Morgan fingerprint density at radius 3 is 2.65 bits per heavy atom. The molecule has 23 heavy (non-hydrogen) atoms.